The van der Waals surface area contributed by atoms with Gasteiger partial charge in [-0.3, -0.25) is 0 Å². The van der Waals surface area contributed by atoms with Gasteiger partial charge >= 0.3 is 12.0 Å². The normalized spacial score (nSPS) is 23.5. The molecule has 10 heteroatoms. The highest BCUT2D eigenvalue weighted by molar-refractivity contribution is 6.39. The number of ether oxygens (including phenoxy) is 1. The van der Waals surface area contributed by atoms with Crippen LogP contribution in [0.1, 0.15) is 77.3 Å². The quantitative estimate of drug-likeness (QED) is 0.341. The maximum atomic E-state index is 13.6. The van der Waals surface area contributed by atoms with Crippen LogP contribution in [0.4, 0.5) is 4.79 Å². The highest BCUT2D eigenvalue weighted by Crippen LogP contribution is 2.47. The van der Waals surface area contributed by atoms with Crippen molar-refractivity contribution in [1.29, 1.82) is 0 Å². The number of carboxylic acids is 1. The molecular weight excluding hydrogens is 553 g/mol. The zero-order valence-electron chi connectivity index (χ0n) is 21.8. The van der Waals surface area contributed by atoms with Crippen molar-refractivity contribution in [1.82, 2.24) is 15.0 Å². The van der Waals surface area contributed by atoms with Gasteiger partial charge in [0.1, 0.15) is 11.5 Å². The van der Waals surface area contributed by atoms with Gasteiger partial charge in [0.05, 0.1) is 28.3 Å². The van der Waals surface area contributed by atoms with Crippen LogP contribution in [0.2, 0.25) is 10.0 Å². The summed E-state index contributed by atoms with van der Waals surface area (Å²) in [6.07, 6.45) is 5.63. The summed E-state index contributed by atoms with van der Waals surface area (Å²) < 4.78 is 12.3. The highest BCUT2D eigenvalue weighted by Gasteiger charge is 2.46. The van der Waals surface area contributed by atoms with Gasteiger partial charge in [-0.15, -0.1) is 0 Å². The second-order valence-electron chi connectivity index (χ2n) is 11.4. The van der Waals surface area contributed by atoms with Crippen molar-refractivity contribution < 1.29 is 24.0 Å². The molecule has 40 heavy (non-hydrogen) atoms. The van der Waals surface area contributed by atoms with Gasteiger partial charge in [-0.2, -0.15) is 0 Å². The number of urea groups is 1. The minimum absolute atomic E-state index is 0.0203. The number of carboxylic acid groups (broad SMARTS) is 1. The lowest BCUT2D eigenvalue weighted by molar-refractivity contribution is -0.0210. The number of benzene rings is 2. The summed E-state index contributed by atoms with van der Waals surface area (Å²) in [7, 11) is 0. The van der Waals surface area contributed by atoms with E-state index in [0.29, 0.717) is 46.9 Å². The Balaban J connectivity index is 1.04. The van der Waals surface area contributed by atoms with Crippen molar-refractivity contribution in [2.75, 3.05) is 0 Å². The molecule has 7 rings (SSSR count). The number of aromatic nitrogens is 1. The number of amides is 2. The third-order valence-corrected chi connectivity index (χ3v) is 9.42. The van der Waals surface area contributed by atoms with Crippen molar-refractivity contribution in [3.63, 3.8) is 0 Å². The van der Waals surface area contributed by atoms with Crippen LogP contribution in [0.3, 0.4) is 0 Å². The molecule has 3 fully saturated rings. The van der Waals surface area contributed by atoms with Crippen LogP contribution in [-0.2, 0) is 24.4 Å². The van der Waals surface area contributed by atoms with Gasteiger partial charge in [-0.1, -0.05) is 40.5 Å². The van der Waals surface area contributed by atoms with E-state index in [-0.39, 0.29) is 29.8 Å². The number of piperidine rings is 1. The molecule has 4 heterocycles. The maximum absolute atomic E-state index is 13.6. The number of hydrogen-bond acceptors (Lipinski definition) is 5. The summed E-state index contributed by atoms with van der Waals surface area (Å²) in [4.78, 5) is 28.9. The Morgan fingerprint density at radius 1 is 1.00 bits per heavy atom. The van der Waals surface area contributed by atoms with Crippen LogP contribution in [0.25, 0.3) is 11.3 Å². The van der Waals surface area contributed by atoms with Crippen molar-refractivity contribution in [2.45, 2.75) is 82.3 Å². The maximum Gasteiger partial charge on any atom is 0.335 e. The predicted molar refractivity (Wildman–Crippen MR) is 148 cm³/mol. The Hall–Kier alpha value is -3.07. The van der Waals surface area contributed by atoms with E-state index in [9.17, 15) is 14.7 Å². The van der Waals surface area contributed by atoms with Crippen LogP contribution in [0.15, 0.2) is 40.9 Å². The molecule has 0 radical (unpaired) electrons. The largest absolute Gasteiger partial charge is 0.478 e. The van der Waals surface area contributed by atoms with E-state index >= 15 is 0 Å². The molecule has 1 saturated carbocycles. The van der Waals surface area contributed by atoms with Crippen LogP contribution in [-0.4, -0.2) is 50.3 Å². The Bertz CT molecular complexity index is 1470. The molecule has 4 aliphatic rings. The summed E-state index contributed by atoms with van der Waals surface area (Å²) >= 11 is 13.0. The zero-order valence-corrected chi connectivity index (χ0v) is 23.3. The fourth-order valence-electron chi connectivity index (χ4n) is 6.65. The average Bonchev–Trinajstić information content (AvgIpc) is 3.45. The molecular formula is C30H29Cl2N3O5. The first-order chi connectivity index (χ1) is 19.4. The van der Waals surface area contributed by atoms with Crippen molar-refractivity contribution in [3.05, 3.63) is 74.5 Å². The van der Waals surface area contributed by atoms with Gasteiger partial charge in [-0.05, 0) is 73.9 Å². The predicted octanol–water partition coefficient (Wildman–Crippen LogP) is 6.87. The monoisotopic (exact) mass is 581 g/mol. The molecule has 8 nitrogen and oxygen atoms in total. The van der Waals surface area contributed by atoms with E-state index in [1.54, 1.807) is 24.3 Å². The number of rotatable bonds is 6. The first-order valence-corrected chi connectivity index (χ1v) is 14.6. The van der Waals surface area contributed by atoms with Crippen molar-refractivity contribution in [2.24, 2.45) is 0 Å². The Morgan fingerprint density at radius 3 is 2.38 bits per heavy atom. The van der Waals surface area contributed by atoms with Gasteiger partial charge in [0, 0.05) is 42.2 Å². The third-order valence-electron chi connectivity index (χ3n) is 8.79. The minimum Gasteiger partial charge on any atom is -0.478 e. The molecule has 3 aliphatic heterocycles. The fourth-order valence-corrected chi connectivity index (χ4v) is 7.23. The first-order valence-electron chi connectivity index (χ1n) is 13.8. The molecule has 1 aromatic heterocycles. The van der Waals surface area contributed by atoms with Crippen LogP contribution in [0.5, 0.6) is 0 Å². The lowest BCUT2D eigenvalue weighted by atomic mass is 9.99. The summed E-state index contributed by atoms with van der Waals surface area (Å²) in [5.74, 6) is 0.263. The molecule has 1 unspecified atom stereocenters. The molecule has 1 N–H and O–H groups in total. The smallest absolute Gasteiger partial charge is 0.335 e. The number of carbonyl (C=O) groups is 2. The number of fused-ring (bicyclic) bond motifs is 3. The summed E-state index contributed by atoms with van der Waals surface area (Å²) in [5, 5.41) is 14.7. The van der Waals surface area contributed by atoms with E-state index < -0.39 is 5.97 Å². The number of carbonyl (C=O) groups excluding carboxylic acids is 1. The topological polar surface area (TPSA) is 96.1 Å². The lowest BCUT2D eigenvalue weighted by Gasteiger charge is -2.40. The number of nitrogens with zero attached hydrogens (tertiary/aromatic N) is 3. The molecule has 208 valence electrons. The van der Waals surface area contributed by atoms with E-state index in [0.717, 1.165) is 61.0 Å². The summed E-state index contributed by atoms with van der Waals surface area (Å²) in [6.45, 7) is 1.31. The third kappa shape index (κ3) is 4.56. The van der Waals surface area contributed by atoms with Crippen LogP contribution >= 0.6 is 23.2 Å². The van der Waals surface area contributed by atoms with Crippen molar-refractivity contribution >= 4 is 35.2 Å². The van der Waals surface area contributed by atoms with Crippen molar-refractivity contribution in [3.8, 4) is 11.3 Å². The Morgan fingerprint density at radius 2 is 1.70 bits per heavy atom. The molecule has 2 bridgehead atoms. The van der Waals surface area contributed by atoms with E-state index in [1.807, 2.05) is 21.9 Å². The van der Waals surface area contributed by atoms with Gasteiger partial charge in [0.2, 0.25) is 0 Å². The van der Waals surface area contributed by atoms with E-state index in [2.05, 4.69) is 5.16 Å². The molecule has 3 atom stereocenters. The lowest BCUT2D eigenvalue weighted by Crippen LogP contribution is -2.52. The molecule has 2 amide bonds. The van der Waals surface area contributed by atoms with Crippen LogP contribution < -0.4 is 0 Å². The second-order valence-corrected chi connectivity index (χ2v) is 12.2. The zero-order chi connectivity index (χ0) is 27.5. The molecule has 3 aromatic rings. The minimum atomic E-state index is -0.953. The second kappa shape index (κ2) is 10.1. The fraction of sp³-hybridized carbons (Fsp3) is 0.433. The number of hydrogen-bond donors (Lipinski definition) is 1. The Kier molecular flexibility index (Phi) is 6.52. The Labute approximate surface area is 241 Å². The molecule has 1 aliphatic carbocycles. The van der Waals surface area contributed by atoms with Gasteiger partial charge < -0.3 is 24.2 Å². The highest BCUT2D eigenvalue weighted by atomic mass is 35.5. The molecule has 0 spiro atoms. The summed E-state index contributed by atoms with van der Waals surface area (Å²) in [5.41, 5.74) is 4.41. The molecule has 2 saturated heterocycles. The number of halogens is 2. The SMILES string of the molecule is O=C(O)c1ccc2c(c1)CN(C(=O)N1[C@@H]3CC[C@H]1CC(OCc1c(-c4c(Cl)cccc4Cl)noc1C1CC1)C3)C2. The van der Waals surface area contributed by atoms with E-state index in [1.165, 1.54) is 0 Å². The standard InChI is InChI=1S/C30H29Cl2N3O5/c31-24-2-1-3-25(32)26(24)27-23(28(40-33-27)16-4-5-16)15-39-22-11-20-8-9-21(12-22)35(20)30(38)34-13-18-7-6-17(29(36)37)10-19(18)14-34/h1-3,6-7,10,16,20-22H,4-5,8-9,11-15H2,(H,36,37)/t20-,21+,22?. The van der Waals surface area contributed by atoms with Gasteiger partial charge in [0.15, 0.2) is 0 Å². The van der Waals surface area contributed by atoms with Gasteiger partial charge in [0.25, 0.3) is 0 Å². The van der Waals surface area contributed by atoms with Gasteiger partial charge in [-0.25, -0.2) is 9.59 Å². The molecule has 2 aromatic carbocycles. The number of aromatic carboxylic acids is 1. The average molecular weight is 582 g/mol. The summed E-state index contributed by atoms with van der Waals surface area (Å²) in [6, 6.07) is 10.8. The van der Waals surface area contributed by atoms with Crippen LogP contribution in [0, 0.1) is 0 Å². The van der Waals surface area contributed by atoms with E-state index in [4.69, 9.17) is 32.5 Å². The first kappa shape index (κ1) is 25.9.